The van der Waals surface area contributed by atoms with Crippen molar-refractivity contribution in [2.45, 2.75) is 45.8 Å². The summed E-state index contributed by atoms with van der Waals surface area (Å²) in [5.41, 5.74) is 2.27. The number of aromatic nitrogens is 4. The molecule has 0 saturated heterocycles. The van der Waals surface area contributed by atoms with Crippen molar-refractivity contribution in [3.8, 4) is 22.6 Å². The number of ether oxygens (including phenoxy) is 3. The number of anilines is 1. The Morgan fingerprint density at radius 3 is 2.56 bits per heavy atom. The molecule has 0 unspecified atom stereocenters. The molecule has 10 nitrogen and oxygen atoms in total. The van der Waals surface area contributed by atoms with Gasteiger partial charge in [0.15, 0.2) is 23.0 Å². The molecule has 2 aliphatic heterocycles. The monoisotopic (exact) mass is 531 g/mol. The highest BCUT2D eigenvalue weighted by Gasteiger charge is 2.37. The van der Waals surface area contributed by atoms with Gasteiger partial charge in [-0.05, 0) is 45.0 Å². The standard InChI is InChI=1S/C28H26FN5O5/c1-15(35)21-7-5-16(10-30-21)18-9-23-26(34-14-31-32-25(18)34)33(27(36)39-28(2,3)4)11-19-20(29)6-8-22-24(19)17(12-37-22)13-38-23/h5-10,14,17H,11-13H2,1-4H3/t17-/m1/s1. The Morgan fingerprint density at radius 1 is 1.10 bits per heavy atom. The summed E-state index contributed by atoms with van der Waals surface area (Å²) in [6, 6.07) is 8.11. The number of ketones is 1. The molecular formula is C28H26FN5O5. The maximum atomic E-state index is 15.3. The average molecular weight is 532 g/mol. The second-order valence-corrected chi connectivity index (χ2v) is 10.6. The smallest absolute Gasteiger partial charge is 0.416 e. The molecule has 0 bridgehead atoms. The molecule has 0 aliphatic carbocycles. The van der Waals surface area contributed by atoms with E-state index in [2.05, 4.69) is 15.2 Å². The summed E-state index contributed by atoms with van der Waals surface area (Å²) in [6.07, 6.45) is 2.36. The molecule has 1 aromatic carbocycles. The highest BCUT2D eigenvalue weighted by molar-refractivity contribution is 5.94. The van der Waals surface area contributed by atoms with E-state index in [1.54, 1.807) is 55.6 Å². The van der Waals surface area contributed by atoms with Crippen molar-refractivity contribution in [3.05, 3.63) is 65.5 Å². The first-order valence-electron chi connectivity index (χ1n) is 12.5. The molecule has 1 atom stereocenters. The first kappa shape index (κ1) is 24.8. The molecular weight excluding hydrogens is 505 g/mol. The SMILES string of the molecule is CC(=O)c1ccc(-c2cc3c(n4cnnc24)N(C(=O)OC(C)(C)C)Cc2c(F)ccc4c2[C@H](CO4)CO3)cn1. The number of pyridine rings is 2. The average Bonchev–Trinajstić information content (AvgIpc) is 3.54. The minimum Gasteiger partial charge on any atom is -0.493 e. The maximum absolute atomic E-state index is 15.3. The van der Waals surface area contributed by atoms with Crippen LogP contribution in [0.25, 0.3) is 16.8 Å². The summed E-state index contributed by atoms with van der Waals surface area (Å²) >= 11 is 0. The van der Waals surface area contributed by atoms with E-state index in [-0.39, 0.29) is 24.9 Å². The van der Waals surface area contributed by atoms with Crippen LogP contribution in [0.1, 0.15) is 55.2 Å². The van der Waals surface area contributed by atoms with Gasteiger partial charge < -0.3 is 14.2 Å². The van der Waals surface area contributed by atoms with Crippen molar-refractivity contribution in [3.63, 3.8) is 0 Å². The van der Waals surface area contributed by atoms with Gasteiger partial charge in [-0.15, -0.1) is 10.2 Å². The van der Waals surface area contributed by atoms with Crippen LogP contribution in [0, 0.1) is 5.82 Å². The molecule has 200 valence electrons. The molecule has 39 heavy (non-hydrogen) atoms. The van der Waals surface area contributed by atoms with E-state index in [0.29, 0.717) is 57.5 Å². The number of carbonyl (C=O) groups excluding carboxylic acids is 2. The Morgan fingerprint density at radius 2 is 1.87 bits per heavy atom. The van der Waals surface area contributed by atoms with Crippen molar-refractivity contribution in [2.24, 2.45) is 0 Å². The van der Waals surface area contributed by atoms with Gasteiger partial charge in [0.05, 0.1) is 25.7 Å². The largest absolute Gasteiger partial charge is 0.493 e. The van der Waals surface area contributed by atoms with Crippen LogP contribution in [0.15, 0.2) is 42.9 Å². The number of halogens is 1. The van der Waals surface area contributed by atoms with E-state index in [0.717, 1.165) is 0 Å². The summed E-state index contributed by atoms with van der Waals surface area (Å²) in [7, 11) is 0. The van der Waals surface area contributed by atoms with Crippen molar-refractivity contribution in [1.82, 2.24) is 19.6 Å². The molecule has 2 aliphatic rings. The van der Waals surface area contributed by atoms with E-state index >= 15 is 4.39 Å². The van der Waals surface area contributed by atoms with Gasteiger partial charge in [0, 0.05) is 35.4 Å². The molecule has 6 rings (SSSR count). The highest BCUT2D eigenvalue weighted by Crippen LogP contribution is 2.44. The number of carbonyl (C=O) groups is 2. The van der Waals surface area contributed by atoms with Crippen LogP contribution in [0.4, 0.5) is 15.0 Å². The van der Waals surface area contributed by atoms with Crippen LogP contribution in [0.2, 0.25) is 0 Å². The molecule has 11 heteroatoms. The Kier molecular flexibility index (Phi) is 5.74. The van der Waals surface area contributed by atoms with E-state index in [1.165, 1.54) is 24.2 Å². The lowest BCUT2D eigenvalue weighted by molar-refractivity contribution is 0.0574. The number of nitrogens with zero attached hydrogens (tertiary/aromatic N) is 5. The summed E-state index contributed by atoms with van der Waals surface area (Å²) < 4.78 is 34.9. The molecule has 0 radical (unpaired) electrons. The summed E-state index contributed by atoms with van der Waals surface area (Å²) in [4.78, 5) is 31.0. The van der Waals surface area contributed by atoms with Crippen molar-refractivity contribution >= 4 is 23.3 Å². The molecule has 0 fully saturated rings. The fraction of sp³-hybridized carbons (Fsp3) is 0.321. The second kappa shape index (κ2) is 9.04. The van der Waals surface area contributed by atoms with Gasteiger partial charge >= 0.3 is 6.09 Å². The highest BCUT2D eigenvalue weighted by atomic mass is 19.1. The third-order valence-electron chi connectivity index (χ3n) is 6.68. The lowest BCUT2D eigenvalue weighted by Gasteiger charge is -2.29. The first-order chi connectivity index (χ1) is 18.6. The fourth-order valence-corrected chi connectivity index (χ4v) is 4.94. The molecule has 0 N–H and O–H groups in total. The van der Waals surface area contributed by atoms with E-state index in [1.807, 2.05) is 0 Å². The molecule has 3 aromatic heterocycles. The minimum absolute atomic E-state index is 0.123. The maximum Gasteiger partial charge on any atom is 0.416 e. The Bertz CT molecular complexity index is 1630. The summed E-state index contributed by atoms with van der Waals surface area (Å²) in [5.74, 6) is 0.384. The number of hydrogen-bond donors (Lipinski definition) is 0. The predicted molar refractivity (Wildman–Crippen MR) is 139 cm³/mol. The van der Waals surface area contributed by atoms with E-state index < -0.39 is 17.5 Å². The van der Waals surface area contributed by atoms with Crippen molar-refractivity contribution < 1.29 is 28.2 Å². The normalized spacial score (nSPS) is 16.3. The third kappa shape index (κ3) is 4.33. The molecule has 5 heterocycles. The number of fused-ring (bicyclic) bond motifs is 3. The lowest BCUT2D eigenvalue weighted by atomic mass is 9.95. The number of amides is 1. The Balaban J connectivity index is 1.57. The van der Waals surface area contributed by atoms with Crippen LogP contribution in [-0.4, -0.2) is 50.3 Å². The molecule has 4 aromatic rings. The predicted octanol–water partition coefficient (Wildman–Crippen LogP) is 4.94. The second-order valence-electron chi connectivity index (χ2n) is 10.6. The molecule has 1 amide bonds. The van der Waals surface area contributed by atoms with Crippen LogP contribution in [0.3, 0.4) is 0 Å². The lowest BCUT2D eigenvalue weighted by Crippen LogP contribution is -2.38. The van der Waals surface area contributed by atoms with Gasteiger partial charge in [0.2, 0.25) is 0 Å². The van der Waals surface area contributed by atoms with E-state index in [4.69, 9.17) is 14.2 Å². The van der Waals surface area contributed by atoms with Crippen LogP contribution < -0.4 is 14.4 Å². The zero-order chi connectivity index (χ0) is 27.5. The summed E-state index contributed by atoms with van der Waals surface area (Å²) in [5, 5.41) is 8.40. The molecule has 0 saturated carbocycles. The van der Waals surface area contributed by atoms with Gasteiger partial charge in [0.25, 0.3) is 0 Å². The topological polar surface area (TPSA) is 108 Å². The van der Waals surface area contributed by atoms with Gasteiger partial charge in [-0.25, -0.2) is 9.18 Å². The van der Waals surface area contributed by atoms with Crippen LogP contribution in [0.5, 0.6) is 11.5 Å². The van der Waals surface area contributed by atoms with Gasteiger partial charge in [-0.2, -0.15) is 0 Å². The number of hydrogen-bond acceptors (Lipinski definition) is 8. The number of benzene rings is 1. The summed E-state index contributed by atoms with van der Waals surface area (Å²) in [6.45, 7) is 7.13. The fourth-order valence-electron chi connectivity index (χ4n) is 4.94. The number of rotatable bonds is 2. The van der Waals surface area contributed by atoms with Crippen molar-refractivity contribution in [2.75, 3.05) is 18.1 Å². The van der Waals surface area contributed by atoms with E-state index in [9.17, 15) is 9.59 Å². The van der Waals surface area contributed by atoms with Gasteiger partial charge in [0.1, 0.15) is 29.2 Å². The van der Waals surface area contributed by atoms with Crippen molar-refractivity contribution in [1.29, 1.82) is 0 Å². The quantitative estimate of drug-likeness (QED) is 0.335. The van der Waals surface area contributed by atoms with Crippen LogP contribution in [-0.2, 0) is 11.3 Å². The third-order valence-corrected chi connectivity index (χ3v) is 6.68. The van der Waals surface area contributed by atoms with Gasteiger partial charge in [-0.3, -0.25) is 19.1 Å². The van der Waals surface area contributed by atoms with Gasteiger partial charge in [-0.1, -0.05) is 6.07 Å². The zero-order valence-corrected chi connectivity index (χ0v) is 21.9. The molecule has 0 spiro atoms. The minimum atomic E-state index is -0.810. The Labute approximate surface area is 223 Å². The Hall–Kier alpha value is -4.54. The van der Waals surface area contributed by atoms with Crippen LogP contribution >= 0.6 is 0 Å². The first-order valence-corrected chi connectivity index (χ1v) is 12.5. The zero-order valence-electron chi connectivity index (χ0n) is 21.9. The number of Topliss-reactive ketones (excluding diaryl/α,β-unsaturated/α-hetero) is 1.